The second-order valence-electron chi connectivity index (χ2n) is 1.46. The Morgan fingerprint density at radius 2 is 2.60 bits per heavy atom. The van der Waals surface area contributed by atoms with Gasteiger partial charge in [-0.3, -0.25) is 0 Å². The highest BCUT2D eigenvalue weighted by atomic mass is 16.5. The van der Waals surface area contributed by atoms with E-state index >= 15 is 0 Å². The van der Waals surface area contributed by atoms with E-state index in [9.17, 15) is 5.21 Å². The zero-order valence-corrected chi connectivity index (χ0v) is 4.88. The Bertz CT molecular complexity index is 279. The third-order valence-electron chi connectivity index (χ3n) is 0.807. The van der Waals surface area contributed by atoms with Crippen LogP contribution in [0.25, 0.3) is 10.4 Å². The van der Waals surface area contributed by atoms with Gasteiger partial charge >= 0.3 is 0 Å². The second-order valence-corrected chi connectivity index (χ2v) is 1.46. The average molecular weight is 137 g/mol. The number of rotatable bonds is 1. The molecule has 6 nitrogen and oxygen atoms in total. The van der Waals surface area contributed by atoms with Gasteiger partial charge in [0, 0.05) is 16.1 Å². The van der Waals surface area contributed by atoms with Crippen molar-refractivity contribution in [3.05, 3.63) is 34.0 Å². The molecule has 50 valence electrons. The Balaban J connectivity index is 3.06. The first-order valence-electron chi connectivity index (χ1n) is 2.44. The molecule has 0 saturated carbocycles. The third-order valence-corrected chi connectivity index (χ3v) is 0.807. The summed E-state index contributed by atoms with van der Waals surface area (Å²) in [4.78, 5) is 2.78. The van der Waals surface area contributed by atoms with Crippen LogP contribution in [0.3, 0.4) is 0 Å². The van der Waals surface area contributed by atoms with Gasteiger partial charge in [-0.05, 0) is 16.7 Å². The molecule has 1 heterocycles. The summed E-state index contributed by atoms with van der Waals surface area (Å²) in [5.41, 5.74) is 7.92. The molecule has 1 aromatic heterocycles. The molecule has 0 aliphatic carbocycles. The average Bonchev–Trinajstić information content (AvgIpc) is 1.88. The number of nitrogens with zero attached hydrogens (tertiary/aromatic N) is 5. The van der Waals surface area contributed by atoms with Crippen molar-refractivity contribution in [3.63, 3.8) is 0 Å². The monoisotopic (exact) mass is 137 g/mol. The molecule has 0 atom stereocenters. The lowest BCUT2D eigenvalue weighted by atomic mass is 10.5. The number of azide groups is 1. The van der Waals surface area contributed by atoms with Gasteiger partial charge in [0.2, 0.25) is 6.20 Å². The van der Waals surface area contributed by atoms with Gasteiger partial charge in [-0.1, -0.05) is 4.85 Å². The summed E-state index contributed by atoms with van der Waals surface area (Å²) >= 11 is 0. The van der Waals surface area contributed by atoms with Crippen molar-refractivity contribution in [2.75, 3.05) is 0 Å². The zero-order chi connectivity index (χ0) is 7.40. The topological polar surface area (TPSA) is 88.6 Å². The molecule has 0 spiro atoms. The van der Waals surface area contributed by atoms with Gasteiger partial charge in [-0.15, -0.1) is 0 Å². The molecule has 0 radical (unpaired) electrons. The summed E-state index contributed by atoms with van der Waals surface area (Å²) in [5.74, 6) is 0.0694. The van der Waals surface area contributed by atoms with Crippen molar-refractivity contribution in [3.8, 4) is 0 Å². The van der Waals surface area contributed by atoms with E-state index in [2.05, 4.69) is 15.1 Å². The Labute approximate surface area is 55.9 Å². The maximum atomic E-state index is 10.4. The zero-order valence-electron chi connectivity index (χ0n) is 4.88. The third kappa shape index (κ3) is 1.33. The lowest BCUT2D eigenvalue weighted by Crippen LogP contribution is -2.29. The molecule has 6 heteroatoms. The molecule has 0 saturated heterocycles. The standard InChI is InChI=1S/C4H3N5O/c5-8-6-4-2-1-3-9(10)7-4/h1-3H. The van der Waals surface area contributed by atoms with Crippen LogP contribution in [0.15, 0.2) is 23.4 Å². The summed E-state index contributed by atoms with van der Waals surface area (Å²) < 4.78 is 0. The van der Waals surface area contributed by atoms with E-state index in [4.69, 9.17) is 5.53 Å². The fourth-order valence-corrected chi connectivity index (χ4v) is 0.470. The van der Waals surface area contributed by atoms with Gasteiger partial charge < -0.3 is 5.21 Å². The number of aromatic nitrogens is 2. The quantitative estimate of drug-likeness (QED) is 0.187. The minimum atomic E-state index is 0.0694. The smallest absolute Gasteiger partial charge is 0.209 e. The fraction of sp³-hybridized carbons (Fsp3) is 0. The molecule has 10 heavy (non-hydrogen) atoms. The molecule has 1 aromatic rings. The second kappa shape index (κ2) is 2.65. The van der Waals surface area contributed by atoms with Gasteiger partial charge in [0.1, 0.15) is 0 Å². The largest absolute Gasteiger partial charge is 0.594 e. The van der Waals surface area contributed by atoms with E-state index in [0.29, 0.717) is 4.85 Å². The molecule has 0 fully saturated rings. The molecule has 1 rings (SSSR count). The summed E-state index contributed by atoms with van der Waals surface area (Å²) in [6.07, 6.45) is 1.20. The van der Waals surface area contributed by atoms with Crippen LogP contribution in [0, 0.1) is 5.21 Å². The Hall–Kier alpha value is -1.81. The maximum Gasteiger partial charge on any atom is 0.209 e. The van der Waals surface area contributed by atoms with Crippen LogP contribution in [0.5, 0.6) is 0 Å². The van der Waals surface area contributed by atoms with Crippen LogP contribution in [-0.4, -0.2) is 5.10 Å². The van der Waals surface area contributed by atoms with Gasteiger partial charge in [0.25, 0.3) is 0 Å². The van der Waals surface area contributed by atoms with E-state index in [1.54, 1.807) is 0 Å². The number of hydrogen-bond acceptors (Lipinski definition) is 3. The summed E-state index contributed by atoms with van der Waals surface area (Å²) in [6, 6.07) is 2.89. The van der Waals surface area contributed by atoms with Gasteiger partial charge in [0.15, 0.2) is 5.82 Å². The van der Waals surface area contributed by atoms with Crippen molar-refractivity contribution in [1.82, 2.24) is 5.10 Å². The van der Waals surface area contributed by atoms with E-state index in [-0.39, 0.29) is 5.82 Å². The molecular formula is C4H3N5O. The summed E-state index contributed by atoms with van der Waals surface area (Å²) in [7, 11) is 0. The van der Waals surface area contributed by atoms with E-state index < -0.39 is 0 Å². The first-order valence-corrected chi connectivity index (χ1v) is 2.44. The van der Waals surface area contributed by atoms with E-state index in [1.807, 2.05) is 0 Å². The van der Waals surface area contributed by atoms with Crippen molar-refractivity contribution in [1.29, 1.82) is 0 Å². The van der Waals surface area contributed by atoms with Crippen LogP contribution >= 0.6 is 0 Å². The van der Waals surface area contributed by atoms with Gasteiger partial charge in [0.05, 0.1) is 0 Å². The fourth-order valence-electron chi connectivity index (χ4n) is 0.470. The molecule has 0 amide bonds. The molecule has 0 bridgehead atoms. The highest BCUT2D eigenvalue weighted by Crippen LogP contribution is 2.00. The molecule has 0 aliphatic rings. The Kier molecular flexibility index (Phi) is 1.67. The van der Waals surface area contributed by atoms with Crippen molar-refractivity contribution in [2.45, 2.75) is 0 Å². The van der Waals surface area contributed by atoms with Gasteiger partial charge in [-0.2, -0.15) is 0 Å². The minimum absolute atomic E-state index is 0.0694. The summed E-state index contributed by atoms with van der Waals surface area (Å²) in [5, 5.41) is 16.8. The molecule has 0 aliphatic heterocycles. The van der Waals surface area contributed by atoms with E-state index in [0.717, 1.165) is 0 Å². The predicted molar refractivity (Wildman–Crippen MR) is 32.0 cm³/mol. The van der Waals surface area contributed by atoms with Gasteiger partial charge in [-0.25, -0.2) is 0 Å². The van der Waals surface area contributed by atoms with Crippen LogP contribution < -0.4 is 4.85 Å². The Morgan fingerprint density at radius 3 is 3.20 bits per heavy atom. The van der Waals surface area contributed by atoms with Crippen LogP contribution in [0.1, 0.15) is 0 Å². The summed E-state index contributed by atoms with van der Waals surface area (Å²) in [6.45, 7) is 0. The molecule has 0 N–H and O–H groups in total. The number of hydrogen-bond donors (Lipinski definition) is 0. The SMILES string of the molecule is [N-]=[N+]=Nc1ccc[n+]([O-])n1. The van der Waals surface area contributed by atoms with Crippen molar-refractivity contribution in [2.24, 2.45) is 5.11 Å². The lowest BCUT2D eigenvalue weighted by molar-refractivity contribution is -0.668. The Morgan fingerprint density at radius 1 is 1.80 bits per heavy atom. The highest BCUT2D eigenvalue weighted by molar-refractivity contribution is 5.20. The minimum Gasteiger partial charge on any atom is -0.594 e. The molecule has 0 aromatic carbocycles. The molecular weight excluding hydrogens is 134 g/mol. The van der Waals surface area contributed by atoms with Crippen LogP contribution in [0.4, 0.5) is 5.82 Å². The first kappa shape index (κ1) is 6.31. The molecule has 0 unspecified atom stereocenters. The maximum absolute atomic E-state index is 10.4. The van der Waals surface area contributed by atoms with Crippen LogP contribution in [-0.2, 0) is 0 Å². The van der Waals surface area contributed by atoms with Crippen LogP contribution in [0.2, 0.25) is 0 Å². The lowest BCUT2D eigenvalue weighted by Gasteiger charge is -1.89. The van der Waals surface area contributed by atoms with E-state index in [1.165, 1.54) is 18.3 Å². The first-order chi connectivity index (χ1) is 4.83. The highest BCUT2D eigenvalue weighted by Gasteiger charge is 1.92. The van der Waals surface area contributed by atoms with Crippen molar-refractivity contribution < 1.29 is 4.85 Å². The normalized spacial score (nSPS) is 8.40. The predicted octanol–water partition coefficient (Wildman–Crippen LogP) is 0.657. The van der Waals surface area contributed by atoms with Crippen molar-refractivity contribution >= 4 is 5.82 Å².